The van der Waals surface area contributed by atoms with E-state index in [0.29, 0.717) is 32.5 Å². The van der Waals surface area contributed by atoms with E-state index < -0.39 is 23.2 Å². The molecule has 2 amide bonds. The molecule has 5 nitrogen and oxygen atoms in total. The van der Waals surface area contributed by atoms with Gasteiger partial charge in [-0.25, -0.2) is 4.79 Å². The van der Waals surface area contributed by atoms with Crippen LogP contribution in [0.5, 0.6) is 0 Å². The van der Waals surface area contributed by atoms with Crippen LogP contribution in [0.3, 0.4) is 0 Å². The molecule has 1 saturated heterocycles. The molecule has 0 aliphatic carbocycles. The Kier molecular flexibility index (Phi) is 7.01. The summed E-state index contributed by atoms with van der Waals surface area (Å²) in [7, 11) is 0. The fraction of sp³-hybridized carbons (Fsp3) is 0.579. The quantitative estimate of drug-likeness (QED) is 0.695. The van der Waals surface area contributed by atoms with E-state index in [9.17, 15) is 22.8 Å². The van der Waals surface area contributed by atoms with Gasteiger partial charge in [-0.15, -0.1) is 0 Å². The zero-order valence-corrected chi connectivity index (χ0v) is 17.6. The average molecular weight is 465 g/mol. The second-order valence-electron chi connectivity index (χ2n) is 7.79. The van der Waals surface area contributed by atoms with Crippen molar-refractivity contribution in [2.24, 2.45) is 5.92 Å². The van der Waals surface area contributed by atoms with E-state index in [1.54, 1.807) is 25.7 Å². The number of likely N-dealkylation sites (tertiary alicyclic amines) is 1. The van der Waals surface area contributed by atoms with Gasteiger partial charge in [-0.1, -0.05) is 6.07 Å². The number of carbonyl (C=O) groups is 2. The van der Waals surface area contributed by atoms with Crippen LogP contribution in [0.2, 0.25) is 0 Å². The summed E-state index contributed by atoms with van der Waals surface area (Å²) < 4.78 is 44.0. The van der Waals surface area contributed by atoms with E-state index in [4.69, 9.17) is 4.74 Å². The molecule has 0 aromatic heterocycles. The number of piperidine rings is 1. The van der Waals surface area contributed by atoms with Crippen LogP contribution in [-0.4, -0.2) is 42.1 Å². The molecule has 0 unspecified atom stereocenters. The highest BCUT2D eigenvalue weighted by molar-refractivity contribution is 9.10. The first-order valence-corrected chi connectivity index (χ1v) is 9.79. The van der Waals surface area contributed by atoms with Crippen LogP contribution in [0.15, 0.2) is 22.7 Å². The van der Waals surface area contributed by atoms with Crippen molar-refractivity contribution >= 4 is 27.9 Å². The fourth-order valence-electron chi connectivity index (χ4n) is 2.90. The molecule has 1 heterocycles. The van der Waals surface area contributed by atoms with Crippen molar-refractivity contribution < 1.29 is 27.5 Å². The maximum Gasteiger partial charge on any atom is 0.417 e. The molecular formula is C19H24BrF3N2O3. The number of ether oxygens (including phenoxy) is 1. The van der Waals surface area contributed by atoms with Crippen LogP contribution < -0.4 is 5.32 Å². The Morgan fingerprint density at radius 3 is 2.36 bits per heavy atom. The number of amides is 2. The van der Waals surface area contributed by atoms with Crippen LogP contribution in [0.4, 0.5) is 18.0 Å². The topological polar surface area (TPSA) is 58.6 Å². The first-order valence-electron chi connectivity index (χ1n) is 9.00. The van der Waals surface area contributed by atoms with Crippen LogP contribution >= 0.6 is 15.9 Å². The highest BCUT2D eigenvalue weighted by Crippen LogP contribution is 2.36. The summed E-state index contributed by atoms with van der Waals surface area (Å²) in [6.07, 6.45) is -3.53. The molecule has 0 saturated carbocycles. The highest BCUT2D eigenvalue weighted by Gasteiger charge is 2.34. The normalized spacial score (nSPS) is 16.0. The molecule has 1 aromatic carbocycles. The number of alkyl halides is 3. The van der Waals surface area contributed by atoms with Crippen LogP contribution in [0, 0.1) is 5.92 Å². The molecule has 0 spiro atoms. The zero-order chi connectivity index (χ0) is 21.1. The lowest BCUT2D eigenvalue weighted by Gasteiger charge is -2.33. The van der Waals surface area contributed by atoms with Gasteiger partial charge in [0.2, 0.25) is 0 Å². The van der Waals surface area contributed by atoms with Crippen molar-refractivity contribution in [3.63, 3.8) is 0 Å². The van der Waals surface area contributed by atoms with Gasteiger partial charge >= 0.3 is 12.3 Å². The second kappa shape index (κ2) is 8.71. The second-order valence-corrected chi connectivity index (χ2v) is 8.58. The monoisotopic (exact) mass is 464 g/mol. The number of carbonyl (C=O) groups excluding carboxylic acids is 2. The van der Waals surface area contributed by atoms with E-state index in [1.165, 1.54) is 12.1 Å². The predicted octanol–water partition coefficient (Wildman–Crippen LogP) is 4.84. The molecule has 1 fully saturated rings. The van der Waals surface area contributed by atoms with Gasteiger partial charge in [0, 0.05) is 24.1 Å². The number of benzene rings is 1. The molecule has 0 bridgehead atoms. The average Bonchev–Trinajstić information content (AvgIpc) is 2.57. The molecule has 9 heteroatoms. The minimum absolute atomic E-state index is 0.0546. The molecule has 156 valence electrons. The Bertz CT molecular complexity index is 724. The van der Waals surface area contributed by atoms with Gasteiger partial charge in [-0.2, -0.15) is 13.2 Å². The molecule has 1 aliphatic rings. The standard InChI is InChI=1S/C19H24BrF3N2O3/c1-18(2,3)28-17(27)25-9-7-12(8-10-25)11-24-16(26)13-5-4-6-14(15(13)20)19(21,22)23/h4-6,12H,7-11H2,1-3H3,(H,24,26). The minimum Gasteiger partial charge on any atom is -0.444 e. The Hall–Kier alpha value is -1.77. The smallest absolute Gasteiger partial charge is 0.417 e. The highest BCUT2D eigenvalue weighted by atomic mass is 79.9. The first-order chi connectivity index (χ1) is 12.9. The predicted molar refractivity (Wildman–Crippen MR) is 102 cm³/mol. The van der Waals surface area contributed by atoms with E-state index >= 15 is 0 Å². The summed E-state index contributed by atoms with van der Waals surface area (Å²) in [6.45, 7) is 6.78. The van der Waals surface area contributed by atoms with Gasteiger partial charge in [0.25, 0.3) is 5.91 Å². The van der Waals surface area contributed by atoms with E-state index in [1.807, 2.05) is 0 Å². The number of halogens is 4. The summed E-state index contributed by atoms with van der Waals surface area (Å²) in [5.41, 5.74) is -1.49. The summed E-state index contributed by atoms with van der Waals surface area (Å²) in [5, 5.41) is 2.70. The summed E-state index contributed by atoms with van der Waals surface area (Å²) in [5.74, 6) is -0.417. The molecule has 1 aliphatic heterocycles. The van der Waals surface area contributed by atoms with E-state index in [2.05, 4.69) is 21.2 Å². The Balaban J connectivity index is 1.88. The first kappa shape index (κ1) is 22.5. The molecule has 0 radical (unpaired) electrons. The van der Waals surface area contributed by atoms with Crippen LogP contribution in [0.25, 0.3) is 0 Å². The third kappa shape index (κ3) is 6.12. The number of nitrogens with one attached hydrogen (secondary N) is 1. The van der Waals surface area contributed by atoms with Gasteiger partial charge in [0.1, 0.15) is 5.60 Å². The van der Waals surface area contributed by atoms with Gasteiger partial charge in [-0.3, -0.25) is 4.79 Å². The van der Waals surface area contributed by atoms with Gasteiger partial charge in [-0.05, 0) is 67.6 Å². The van der Waals surface area contributed by atoms with Gasteiger partial charge in [0.15, 0.2) is 0 Å². The van der Waals surface area contributed by atoms with Crippen molar-refractivity contribution in [3.8, 4) is 0 Å². The molecule has 0 atom stereocenters. The largest absolute Gasteiger partial charge is 0.444 e. The third-order valence-electron chi connectivity index (χ3n) is 4.37. The maximum absolute atomic E-state index is 13.0. The van der Waals surface area contributed by atoms with Crippen LogP contribution in [-0.2, 0) is 10.9 Å². The van der Waals surface area contributed by atoms with E-state index in [0.717, 1.165) is 6.07 Å². The fourth-order valence-corrected chi connectivity index (χ4v) is 3.57. The zero-order valence-electron chi connectivity index (χ0n) is 16.0. The Labute approximate surface area is 170 Å². The van der Waals surface area contributed by atoms with Crippen molar-refractivity contribution in [2.75, 3.05) is 19.6 Å². The van der Waals surface area contributed by atoms with Crippen molar-refractivity contribution in [1.29, 1.82) is 0 Å². The number of nitrogens with zero attached hydrogens (tertiary/aromatic N) is 1. The third-order valence-corrected chi connectivity index (χ3v) is 5.22. The van der Waals surface area contributed by atoms with Crippen molar-refractivity contribution in [2.45, 2.75) is 45.4 Å². The molecule has 1 N–H and O–H groups in total. The Morgan fingerprint density at radius 2 is 1.82 bits per heavy atom. The molecule has 1 aromatic rings. The SMILES string of the molecule is CC(C)(C)OC(=O)N1CCC(CNC(=O)c2cccc(C(F)(F)F)c2Br)CC1. The Morgan fingerprint density at radius 1 is 1.21 bits per heavy atom. The summed E-state index contributed by atoms with van der Waals surface area (Å²) >= 11 is 2.89. The lowest BCUT2D eigenvalue weighted by Crippen LogP contribution is -2.43. The molecule has 2 rings (SSSR count). The lowest BCUT2D eigenvalue weighted by atomic mass is 9.97. The molecular weight excluding hydrogens is 441 g/mol. The summed E-state index contributed by atoms with van der Waals surface area (Å²) in [6, 6.07) is 3.48. The lowest BCUT2D eigenvalue weighted by molar-refractivity contribution is -0.138. The van der Waals surface area contributed by atoms with Crippen LogP contribution in [0.1, 0.15) is 49.5 Å². The maximum atomic E-state index is 13.0. The molecule has 28 heavy (non-hydrogen) atoms. The van der Waals surface area contributed by atoms with E-state index in [-0.39, 0.29) is 22.0 Å². The van der Waals surface area contributed by atoms with Gasteiger partial charge in [0.05, 0.1) is 11.1 Å². The summed E-state index contributed by atoms with van der Waals surface area (Å²) in [4.78, 5) is 26.0. The number of rotatable bonds is 3. The van der Waals surface area contributed by atoms with Gasteiger partial charge < -0.3 is 15.0 Å². The van der Waals surface area contributed by atoms with Crippen molar-refractivity contribution in [3.05, 3.63) is 33.8 Å². The minimum atomic E-state index is -4.54. The number of hydrogen-bond acceptors (Lipinski definition) is 3. The van der Waals surface area contributed by atoms with Crippen molar-refractivity contribution in [1.82, 2.24) is 10.2 Å². The number of hydrogen-bond donors (Lipinski definition) is 1.